The molecule has 1 heterocycles. The van der Waals surface area contributed by atoms with Crippen LogP contribution in [0.15, 0.2) is 47.6 Å². The minimum absolute atomic E-state index is 0.159. The predicted molar refractivity (Wildman–Crippen MR) is 144 cm³/mol. The van der Waals surface area contributed by atoms with Gasteiger partial charge in [0.15, 0.2) is 17.2 Å². The number of carbonyl (C=O) groups excluding carboxylic acids is 2. The molecule has 38 heavy (non-hydrogen) atoms. The van der Waals surface area contributed by atoms with Crippen molar-refractivity contribution in [1.29, 1.82) is 0 Å². The fraction of sp³-hybridized carbons (Fsp3) is 0.370. The number of rotatable bonds is 12. The Bertz CT molecular complexity index is 1270. The van der Waals surface area contributed by atoms with E-state index in [-0.39, 0.29) is 29.8 Å². The molecular weight excluding hydrogens is 488 g/mol. The summed E-state index contributed by atoms with van der Waals surface area (Å²) in [6.45, 7) is 4.80. The molecule has 0 aliphatic carbocycles. The van der Waals surface area contributed by atoms with Gasteiger partial charge in [0, 0.05) is 19.8 Å². The average Bonchev–Trinajstić information content (AvgIpc) is 3.40. The maximum atomic E-state index is 12.8. The van der Waals surface area contributed by atoms with Crippen LogP contribution < -0.4 is 24.8 Å². The molecule has 0 saturated carbocycles. The number of hydrogen-bond acceptors (Lipinski definition) is 8. The first-order valence-corrected chi connectivity index (χ1v) is 12.1. The number of nitrogens with zero attached hydrogens (tertiary/aromatic N) is 4. The zero-order chi connectivity index (χ0) is 27.7. The molecule has 3 rings (SSSR count). The van der Waals surface area contributed by atoms with Gasteiger partial charge in [0.2, 0.25) is 5.75 Å². The van der Waals surface area contributed by atoms with E-state index in [1.54, 1.807) is 25.4 Å². The highest BCUT2D eigenvalue weighted by atomic mass is 16.5. The summed E-state index contributed by atoms with van der Waals surface area (Å²) in [7, 11) is 6.09. The lowest BCUT2D eigenvalue weighted by Gasteiger charge is -2.15. The van der Waals surface area contributed by atoms with Gasteiger partial charge in [0.05, 0.1) is 45.7 Å². The quantitative estimate of drug-likeness (QED) is 0.350. The van der Waals surface area contributed by atoms with Crippen molar-refractivity contribution in [3.63, 3.8) is 0 Å². The molecule has 1 unspecified atom stereocenters. The highest BCUT2D eigenvalue weighted by molar-refractivity contribution is 5.98. The van der Waals surface area contributed by atoms with Gasteiger partial charge in [-0.2, -0.15) is 0 Å². The first-order valence-electron chi connectivity index (χ1n) is 12.1. The fourth-order valence-corrected chi connectivity index (χ4v) is 3.83. The number of aliphatic imine (C=N–C) groups is 1. The molecule has 11 nitrogen and oxygen atoms in total. The SMILES string of the molecule is CN=CC(NC(=O)c1cn(CCNC(=O)c2ccc(OC)c(OC)c2OC)nn1)c1ccc(C(C)C)cc1. The summed E-state index contributed by atoms with van der Waals surface area (Å²) in [6.07, 6.45) is 3.20. The van der Waals surface area contributed by atoms with E-state index in [0.717, 1.165) is 5.56 Å². The van der Waals surface area contributed by atoms with Gasteiger partial charge in [-0.1, -0.05) is 43.3 Å². The molecule has 0 bridgehead atoms. The van der Waals surface area contributed by atoms with Crippen LogP contribution in [0.1, 0.15) is 57.8 Å². The molecule has 2 N–H and O–H groups in total. The van der Waals surface area contributed by atoms with E-state index in [2.05, 4.69) is 39.8 Å². The summed E-state index contributed by atoms with van der Waals surface area (Å²) in [5, 5.41) is 13.7. The molecule has 0 radical (unpaired) electrons. The Morgan fingerprint density at radius 2 is 1.66 bits per heavy atom. The first-order chi connectivity index (χ1) is 18.3. The highest BCUT2D eigenvalue weighted by Crippen LogP contribution is 2.39. The van der Waals surface area contributed by atoms with Gasteiger partial charge in [0.25, 0.3) is 11.8 Å². The third-order valence-corrected chi connectivity index (χ3v) is 5.89. The average molecular weight is 523 g/mol. The largest absolute Gasteiger partial charge is 0.493 e. The van der Waals surface area contributed by atoms with E-state index in [0.29, 0.717) is 29.5 Å². The van der Waals surface area contributed by atoms with Crippen LogP contribution in [0.25, 0.3) is 0 Å². The summed E-state index contributed by atoms with van der Waals surface area (Å²) in [5.41, 5.74) is 2.58. The molecular formula is C27H34N6O5. The Morgan fingerprint density at radius 3 is 2.26 bits per heavy atom. The predicted octanol–water partition coefficient (Wildman–Crippen LogP) is 3.03. The van der Waals surface area contributed by atoms with Gasteiger partial charge in [0.1, 0.15) is 0 Å². The molecule has 11 heteroatoms. The minimum Gasteiger partial charge on any atom is -0.493 e. The van der Waals surface area contributed by atoms with Crippen LogP contribution in [0.3, 0.4) is 0 Å². The smallest absolute Gasteiger partial charge is 0.274 e. The molecule has 0 aliphatic heterocycles. The molecule has 0 aliphatic rings. The van der Waals surface area contributed by atoms with Crippen molar-refractivity contribution in [2.75, 3.05) is 34.9 Å². The van der Waals surface area contributed by atoms with Crippen LogP contribution in [-0.4, -0.2) is 67.9 Å². The third kappa shape index (κ3) is 6.67. The normalized spacial score (nSPS) is 11.9. The number of hydrogen-bond donors (Lipinski definition) is 2. The van der Waals surface area contributed by atoms with Crippen LogP contribution in [0.2, 0.25) is 0 Å². The lowest BCUT2D eigenvalue weighted by atomic mass is 9.99. The van der Waals surface area contributed by atoms with Gasteiger partial charge in [-0.25, -0.2) is 4.68 Å². The molecule has 2 amide bonds. The number of methoxy groups -OCH3 is 3. The lowest BCUT2D eigenvalue weighted by Crippen LogP contribution is -2.30. The van der Waals surface area contributed by atoms with Gasteiger partial charge in [-0.15, -0.1) is 5.10 Å². The zero-order valence-electron chi connectivity index (χ0n) is 22.5. The monoisotopic (exact) mass is 522 g/mol. The molecule has 0 saturated heterocycles. The standard InChI is InChI=1S/C27H34N6O5/c1-17(2)18-7-9-19(10-8-18)21(15-28-3)30-27(35)22-16-33(32-31-22)14-13-29-26(34)20-11-12-23(36-4)25(38-6)24(20)37-5/h7-12,15-17,21H,13-14H2,1-6H3,(H,29,34)(H,30,35). The van der Waals surface area contributed by atoms with E-state index in [1.165, 1.54) is 37.8 Å². The second kappa shape index (κ2) is 13.2. The van der Waals surface area contributed by atoms with Crippen LogP contribution in [0.4, 0.5) is 0 Å². The Kier molecular flexibility index (Phi) is 9.80. The Morgan fingerprint density at radius 1 is 0.974 bits per heavy atom. The number of ether oxygens (including phenoxy) is 3. The van der Waals surface area contributed by atoms with Crippen molar-refractivity contribution >= 4 is 18.0 Å². The lowest BCUT2D eigenvalue weighted by molar-refractivity contribution is 0.0935. The van der Waals surface area contributed by atoms with E-state index < -0.39 is 6.04 Å². The summed E-state index contributed by atoms with van der Waals surface area (Å²) < 4.78 is 17.5. The van der Waals surface area contributed by atoms with Crippen molar-refractivity contribution in [2.24, 2.45) is 4.99 Å². The topological polar surface area (TPSA) is 129 Å². The molecule has 2 aromatic carbocycles. The number of aromatic nitrogens is 3. The van der Waals surface area contributed by atoms with Crippen molar-refractivity contribution in [1.82, 2.24) is 25.6 Å². The second-order valence-corrected chi connectivity index (χ2v) is 8.68. The van der Waals surface area contributed by atoms with Gasteiger partial charge < -0.3 is 24.8 Å². The van der Waals surface area contributed by atoms with E-state index in [9.17, 15) is 9.59 Å². The molecule has 202 valence electrons. The second-order valence-electron chi connectivity index (χ2n) is 8.68. The summed E-state index contributed by atoms with van der Waals surface area (Å²) in [6, 6.07) is 10.9. The minimum atomic E-state index is -0.408. The number of amides is 2. The zero-order valence-corrected chi connectivity index (χ0v) is 22.5. The van der Waals surface area contributed by atoms with E-state index in [4.69, 9.17) is 14.2 Å². The summed E-state index contributed by atoms with van der Waals surface area (Å²) in [4.78, 5) is 29.7. The summed E-state index contributed by atoms with van der Waals surface area (Å²) >= 11 is 0. The Balaban J connectivity index is 1.61. The maximum absolute atomic E-state index is 12.8. The first kappa shape index (κ1) is 28.2. The van der Waals surface area contributed by atoms with Gasteiger partial charge in [-0.3, -0.25) is 14.6 Å². The van der Waals surface area contributed by atoms with Crippen molar-refractivity contribution < 1.29 is 23.8 Å². The van der Waals surface area contributed by atoms with Crippen LogP contribution >= 0.6 is 0 Å². The Hall–Kier alpha value is -4.41. The third-order valence-electron chi connectivity index (χ3n) is 5.89. The van der Waals surface area contributed by atoms with E-state index >= 15 is 0 Å². The molecule has 3 aromatic rings. The number of carbonyl (C=O) groups is 2. The Labute approximate surface area is 222 Å². The van der Waals surface area contributed by atoms with Crippen molar-refractivity contribution in [3.05, 3.63) is 65.0 Å². The van der Waals surface area contributed by atoms with Gasteiger partial charge >= 0.3 is 0 Å². The van der Waals surface area contributed by atoms with E-state index in [1.807, 2.05) is 24.3 Å². The van der Waals surface area contributed by atoms with Crippen molar-refractivity contribution in [3.8, 4) is 17.2 Å². The summed E-state index contributed by atoms with van der Waals surface area (Å²) in [5.74, 6) is 0.733. The van der Waals surface area contributed by atoms with Crippen LogP contribution in [0.5, 0.6) is 17.2 Å². The fourth-order valence-electron chi connectivity index (χ4n) is 3.83. The van der Waals surface area contributed by atoms with Gasteiger partial charge in [-0.05, 0) is 29.2 Å². The van der Waals surface area contributed by atoms with Crippen molar-refractivity contribution in [2.45, 2.75) is 32.4 Å². The molecule has 0 spiro atoms. The number of nitrogens with one attached hydrogen (secondary N) is 2. The van der Waals surface area contributed by atoms with Crippen LogP contribution in [0, 0.1) is 0 Å². The molecule has 0 fully saturated rings. The molecule has 1 aromatic heterocycles. The number of benzene rings is 2. The maximum Gasteiger partial charge on any atom is 0.274 e. The van der Waals surface area contributed by atoms with Crippen LogP contribution in [-0.2, 0) is 6.54 Å². The molecule has 1 atom stereocenters. The highest BCUT2D eigenvalue weighted by Gasteiger charge is 2.21.